The molecule has 0 atom stereocenters. The Labute approximate surface area is 229 Å². The van der Waals surface area contributed by atoms with E-state index in [4.69, 9.17) is 4.74 Å². The van der Waals surface area contributed by atoms with Crippen LogP contribution in [0.1, 0.15) is 27.2 Å². The molecule has 2 heterocycles. The molecule has 0 aliphatic carbocycles. The molecule has 0 bridgehead atoms. The monoisotopic (exact) mass is 522 g/mol. The van der Waals surface area contributed by atoms with Crippen molar-refractivity contribution in [2.45, 2.75) is 20.8 Å². The number of carbonyl (C=O) groups excluding carboxylic acids is 2. The van der Waals surface area contributed by atoms with E-state index < -0.39 is 0 Å². The zero-order valence-corrected chi connectivity index (χ0v) is 22.9. The summed E-state index contributed by atoms with van der Waals surface area (Å²) in [5, 5.41) is 3.06. The van der Waals surface area contributed by atoms with Crippen molar-refractivity contribution in [2.24, 2.45) is 0 Å². The van der Waals surface area contributed by atoms with Crippen LogP contribution in [0.4, 0.5) is 10.5 Å². The van der Waals surface area contributed by atoms with Gasteiger partial charge < -0.3 is 24.4 Å². The number of anilines is 1. The molecular formula is C32H34N4O3. The Balaban J connectivity index is 1.37. The number of carbonyl (C=O) groups is 2. The minimum atomic E-state index is -0.133. The lowest BCUT2D eigenvalue weighted by molar-refractivity contribution is 0.0671. The number of urea groups is 1. The molecule has 1 saturated heterocycles. The van der Waals surface area contributed by atoms with Gasteiger partial charge in [0.1, 0.15) is 5.75 Å². The maximum atomic E-state index is 13.8. The van der Waals surface area contributed by atoms with Crippen LogP contribution >= 0.6 is 0 Å². The summed E-state index contributed by atoms with van der Waals surface area (Å²) in [6, 6.07) is 25.7. The molecule has 0 radical (unpaired) electrons. The van der Waals surface area contributed by atoms with Crippen molar-refractivity contribution in [1.82, 2.24) is 14.4 Å². The van der Waals surface area contributed by atoms with Crippen molar-refractivity contribution in [1.29, 1.82) is 0 Å². The minimum Gasteiger partial charge on any atom is -0.497 e. The fourth-order valence-corrected chi connectivity index (χ4v) is 5.21. The lowest BCUT2D eigenvalue weighted by Crippen LogP contribution is -2.51. The second-order valence-corrected chi connectivity index (χ2v) is 9.91. The smallest absolute Gasteiger partial charge is 0.321 e. The average molecular weight is 523 g/mol. The van der Waals surface area contributed by atoms with Crippen molar-refractivity contribution in [3.8, 4) is 22.7 Å². The number of nitrogens with one attached hydrogen (secondary N) is 1. The van der Waals surface area contributed by atoms with E-state index in [9.17, 15) is 9.59 Å². The predicted octanol–water partition coefficient (Wildman–Crippen LogP) is 6.07. The summed E-state index contributed by atoms with van der Waals surface area (Å²) < 4.78 is 7.58. The normalized spacial score (nSPS) is 13.3. The Bertz CT molecular complexity index is 1480. The number of amides is 3. The van der Waals surface area contributed by atoms with Gasteiger partial charge in [-0.25, -0.2) is 4.79 Å². The number of rotatable bonds is 5. The van der Waals surface area contributed by atoms with Crippen molar-refractivity contribution in [2.75, 3.05) is 38.6 Å². The quantitative estimate of drug-likeness (QED) is 0.346. The molecule has 3 amide bonds. The van der Waals surface area contributed by atoms with Crippen LogP contribution in [0.3, 0.4) is 0 Å². The highest BCUT2D eigenvalue weighted by molar-refractivity contribution is 5.98. The van der Waals surface area contributed by atoms with Gasteiger partial charge in [0, 0.05) is 48.8 Å². The molecule has 0 unspecified atom stereocenters. The van der Waals surface area contributed by atoms with Crippen molar-refractivity contribution in [3.63, 3.8) is 0 Å². The van der Waals surface area contributed by atoms with Gasteiger partial charge in [-0.1, -0.05) is 48.5 Å². The maximum Gasteiger partial charge on any atom is 0.321 e. The molecule has 5 rings (SSSR count). The van der Waals surface area contributed by atoms with Gasteiger partial charge in [0.25, 0.3) is 5.91 Å². The van der Waals surface area contributed by atoms with Gasteiger partial charge in [-0.15, -0.1) is 0 Å². The Morgan fingerprint density at radius 2 is 1.41 bits per heavy atom. The average Bonchev–Trinajstić information content (AvgIpc) is 3.32. The molecule has 7 heteroatoms. The number of methoxy groups -OCH3 is 1. The summed E-state index contributed by atoms with van der Waals surface area (Å²) in [4.78, 5) is 30.4. The van der Waals surface area contributed by atoms with Gasteiger partial charge in [-0.2, -0.15) is 0 Å². The highest BCUT2D eigenvalue weighted by atomic mass is 16.5. The lowest BCUT2D eigenvalue weighted by atomic mass is 10.1. The van der Waals surface area contributed by atoms with Crippen LogP contribution in [0.5, 0.6) is 5.75 Å². The second kappa shape index (κ2) is 11.1. The topological polar surface area (TPSA) is 66.8 Å². The first-order chi connectivity index (χ1) is 18.9. The largest absolute Gasteiger partial charge is 0.497 e. The molecule has 1 aliphatic heterocycles. The number of nitrogens with zero attached hydrogens (tertiary/aromatic N) is 3. The molecule has 0 saturated carbocycles. The number of aryl methyl sites for hydroxylation is 2. The van der Waals surface area contributed by atoms with E-state index in [0.29, 0.717) is 31.7 Å². The van der Waals surface area contributed by atoms with Gasteiger partial charge >= 0.3 is 6.03 Å². The van der Waals surface area contributed by atoms with Crippen LogP contribution in [0.15, 0.2) is 78.9 Å². The molecule has 1 fully saturated rings. The number of ether oxygens (including phenoxy) is 1. The van der Waals surface area contributed by atoms with Gasteiger partial charge in [0.2, 0.25) is 0 Å². The molecular weight excluding hydrogens is 488 g/mol. The standard InChI is InChI=1S/C32H34N4O3/c1-22-10-8-11-23(2)30(22)33-32(38)35-18-16-34(17-19-35)31(37)28-21-29(25-12-9-15-27(20-25)39-4)36(24(28)3)26-13-6-5-7-14-26/h5-15,20-21H,16-19H2,1-4H3,(H,33,38). The van der Waals surface area contributed by atoms with E-state index in [-0.39, 0.29) is 11.9 Å². The van der Waals surface area contributed by atoms with Gasteiger partial charge in [-0.3, -0.25) is 4.79 Å². The molecule has 4 aromatic rings. The SMILES string of the molecule is COc1cccc(-c2cc(C(=O)N3CCN(C(=O)Nc4c(C)cccc4C)CC3)c(C)n2-c2ccccc2)c1. The van der Waals surface area contributed by atoms with Gasteiger partial charge in [0.15, 0.2) is 0 Å². The first-order valence-corrected chi connectivity index (χ1v) is 13.2. The summed E-state index contributed by atoms with van der Waals surface area (Å²) in [6.07, 6.45) is 0. The van der Waals surface area contributed by atoms with Crippen LogP contribution in [-0.4, -0.2) is 59.6 Å². The number of para-hydroxylation sites is 2. The Kier molecular flexibility index (Phi) is 7.41. The van der Waals surface area contributed by atoms with E-state index in [1.165, 1.54) is 0 Å². The minimum absolute atomic E-state index is 0.0267. The van der Waals surface area contributed by atoms with Crippen LogP contribution in [0.2, 0.25) is 0 Å². The highest BCUT2D eigenvalue weighted by Crippen LogP contribution is 2.32. The molecule has 3 aromatic carbocycles. The van der Waals surface area contributed by atoms with Crippen LogP contribution in [0.25, 0.3) is 16.9 Å². The lowest BCUT2D eigenvalue weighted by Gasteiger charge is -2.35. The van der Waals surface area contributed by atoms with Crippen molar-refractivity contribution in [3.05, 3.63) is 101 Å². The number of piperazine rings is 1. The number of hydrogen-bond acceptors (Lipinski definition) is 3. The Morgan fingerprint density at radius 1 is 0.769 bits per heavy atom. The molecule has 1 aliphatic rings. The first kappa shape index (κ1) is 26.1. The molecule has 7 nitrogen and oxygen atoms in total. The van der Waals surface area contributed by atoms with Gasteiger partial charge in [-0.05, 0) is 62.2 Å². The molecule has 1 aromatic heterocycles. The third-order valence-electron chi connectivity index (χ3n) is 7.42. The number of hydrogen-bond donors (Lipinski definition) is 1. The first-order valence-electron chi connectivity index (χ1n) is 13.2. The van der Waals surface area contributed by atoms with E-state index >= 15 is 0 Å². The van der Waals surface area contributed by atoms with E-state index in [2.05, 4.69) is 9.88 Å². The zero-order valence-electron chi connectivity index (χ0n) is 22.9. The van der Waals surface area contributed by atoms with Crippen molar-refractivity contribution >= 4 is 17.6 Å². The van der Waals surface area contributed by atoms with E-state index in [1.54, 1.807) is 12.0 Å². The summed E-state index contributed by atoms with van der Waals surface area (Å²) in [6.45, 7) is 7.87. The molecule has 39 heavy (non-hydrogen) atoms. The third kappa shape index (κ3) is 5.25. The van der Waals surface area contributed by atoms with E-state index in [1.807, 2.05) is 105 Å². The predicted molar refractivity (Wildman–Crippen MR) is 155 cm³/mol. The van der Waals surface area contributed by atoms with Crippen molar-refractivity contribution < 1.29 is 14.3 Å². The molecule has 1 N–H and O–H groups in total. The van der Waals surface area contributed by atoms with Gasteiger partial charge in [0.05, 0.1) is 18.4 Å². The Morgan fingerprint density at radius 3 is 2.08 bits per heavy atom. The number of aromatic nitrogens is 1. The second-order valence-electron chi connectivity index (χ2n) is 9.91. The highest BCUT2D eigenvalue weighted by Gasteiger charge is 2.28. The Hall–Kier alpha value is -4.52. The zero-order chi connectivity index (χ0) is 27.5. The van der Waals surface area contributed by atoms with Crippen LogP contribution in [-0.2, 0) is 0 Å². The third-order valence-corrected chi connectivity index (χ3v) is 7.42. The van der Waals surface area contributed by atoms with E-state index in [0.717, 1.165) is 45.2 Å². The fourth-order valence-electron chi connectivity index (χ4n) is 5.21. The van der Waals surface area contributed by atoms with Crippen LogP contribution < -0.4 is 10.1 Å². The fraction of sp³-hybridized carbons (Fsp3) is 0.250. The summed E-state index contributed by atoms with van der Waals surface area (Å²) in [7, 11) is 1.65. The molecule has 200 valence electrons. The molecule has 0 spiro atoms. The maximum absolute atomic E-state index is 13.8. The number of benzene rings is 3. The summed E-state index contributed by atoms with van der Waals surface area (Å²) >= 11 is 0. The summed E-state index contributed by atoms with van der Waals surface area (Å²) in [5.41, 5.74) is 7.32. The summed E-state index contributed by atoms with van der Waals surface area (Å²) in [5.74, 6) is 0.732. The van der Waals surface area contributed by atoms with Crippen LogP contribution in [0, 0.1) is 20.8 Å².